The van der Waals surface area contributed by atoms with Gasteiger partial charge in [-0.1, -0.05) is 29.4 Å². The number of nitrogens with zero attached hydrogens (tertiary/aromatic N) is 7. The SMILES string of the molecule is Cc1nc(N)cnc1-c1ccc([C@H](c2noc(-c3cnn(CC(=O)N(C)C)c3)n2)C2CC2)cc1. The number of hydrogen-bond donors (Lipinski definition) is 1. The van der Waals surface area contributed by atoms with Crippen LogP contribution in [0.5, 0.6) is 0 Å². The van der Waals surface area contributed by atoms with Crippen molar-refractivity contribution in [2.24, 2.45) is 5.92 Å². The summed E-state index contributed by atoms with van der Waals surface area (Å²) in [7, 11) is 3.43. The van der Waals surface area contributed by atoms with Gasteiger partial charge in [0.2, 0.25) is 5.91 Å². The van der Waals surface area contributed by atoms with Gasteiger partial charge in [-0.2, -0.15) is 10.1 Å². The van der Waals surface area contributed by atoms with Crippen LogP contribution in [0.1, 0.15) is 35.8 Å². The Bertz CT molecular complexity index is 1320. The minimum Gasteiger partial charge on any atom is -0.382 e. The van der Waals surface area contributed by atoms with Crippen LogP contribution in [-0.4, -0.2) is 54.8 Å². The van der Waals surface area contributed by atoms with E-state index in [0.29, 0.717) is 29.0 Å². The van der Waals surface area contributed by atoms with Crippen LogP contribution < -0.4 is 5.73 Å². The summed E-state index contributed by atoms with van der Waals surface area (Å²) < 4.78 is 7.15. The lowest BCUT2D eigenvalue weighted by Gasteiger charge is -2.13. The molecule has 3 aromatic heterocycles. The minimum atomic E-state index is -0.0433. The number of rotatable bonds is 7. The van der Waals surface area contributed by atoms with Crippen LogP contribution in [-0.2, 0) is 11.3 Å². The first kappa shape index (κ1) is 21.7. The summed E-state index contributed by atoms with van der Waals surface area (Å²) in [5.41, 5.74) is 10.1. The zero-order chi connectivity index (χ0) is 23.8. The Morgan fingerprint density at radius 1 is 1.18 bits per heavy atom. The van der Waals surface area contributed by atoms with Gasteiger partial charge in [0.15, 0.2) is 5.82 Å². The number of carbonyl (C=O) groups excluding carboxylic acids is 1. The largest absolute Gasteiger partial charge is 0.382 e. The lowest BCUT2D eigenvalue weighted by atomic mass is 9.92. The van der Waals surface area contributed by atoms with Crippen LogP contribution in [0.25, 0.3) is 22.7 Å². The molecular formula is C24H26N8O2. The number of amides is 1. The Morgan fingerprint density at radius 2 is 1.94 bits per heavy atom. The predicted octanol–water partition coefficient (Wildman–Crippen LogP) is 2.91. The molecule has 1 amide bonds. The molecule has 0 saturated heterocycles. The number of carbonyl (C=O) groups is 1. The van der Waals surface area contributed by atoms with Gasteiger partial charge in [0.25, 0.3) is 5.89 Å². The van der Waals surface area contributed by atoms with Crippen LogP contribution in [0.15, 0.2) is 47.4 Å². The van der Waals surface area contributed by atoms with E-state index in [2.05, 4.69) is 37.3 Å². The van der Waals surface area contributed by atoms with E-state index in [4.69, 9.17) is 10.3 Å². The summed E-state index contributed by atoms with van der Waals surface area (Å²) in [6.45, 7) is 2.06. The number of anilines is 1. The molecule has 10 nitrogen and oxygen atoms in total. The Morgan fingerprint density at radius 3 is 2.62 bits per heavy atom. The van der Waals surface area contributed by atoms with Crippen LogP contribution in [0.3, 0.4) is 0 Å². The molecule has 0 bridgehead atoms. The molecule has 3 heterocycles. The van der Waals surface area contributed by atoms with Crippen LogP contribution in [0.4, 0.5) is 5.82 Å². The van der Waals surface area contributed by atoms with Gasteiger partial charge < -0.3 is 15.2 Å². The molecule has 10 heteroatoms. The van der Waals surface area contributed by atoms with Gasteiger partial charge >= 0.3 is 0 Å². The topological polar surface area (TPSA) is 129 Å². The third-order valence-electron chi connectivity index (χ3n) is 6.00. The van der Waals surface area contributed by atoms with Crippen molar-refractivity contribution in [2.75, 3.05) is 19.8 Å². The Labute approximate surface area is 196 Å². The molecule has 4 aromatic rings. The van der Waals surface area contributed by atoms with E-state index in [0.717, 1.165) is 35.4 Å². The highest BCUT2D eigenvalue weighted by atomic mass is 16.5. The van der Waals surface area contributed by atoms with Crippen molar-refractivity contribution < 1.29 is 9.32 Å². The molecule has 34 heavy (non-hydrogen) atoms. The molecule has 0 aliphatic heterocycles. The van der Waals surface area contributed by atoms with Crippen molar-refractivity contribution in [3.8, 4) is 22.7 Å². The number of aromatic nitrogens is 6. The third-order valence-corrected chi connectivity index (χ3v) is 6.00. The zero-order valence-electron chi connectivity index (χ0n) is 19.3. The summed E-state index contributed by atoms with van der Waals surface area (Å²) in [6.07, 6.45) is 7.21. The first-order valence-electron chi connectivity index (χ1n) is 11.1. The quantitative estimate of drug-likeness (QED) is 0.448. The maximum atomic E-state index is 11.9. The first-order chi connectivity index (χ1) is 16.4. The number of nitrogens with two attached hydrogens (primary N) is 1. The van der Waals surface area contributed by atoms with Gasteiger partial charge in [0.05, 0.1) is 35.3 Å². The van der Waals surface area contributed by atoms with Gasteiger partial charge in [0, 0.05) is 25.9 Å². The second-order valence-corrected chi connectivity index (χ2v) is 8.84. The lowest BCUT2D eigenvalue weighted by molar-refractivity contribution is -0.129. The van der Waals surface area contributed by atoms with E-state index < -0.39 is 0 Å². The molecule has 5 rings (SSSR count). The summed E-state index contributed by atoms with van der Waals surface area (Å²) >= 11 is 0. The molecular weight excluding hydrogens is 432 g/mol. The van der Waals surface area contributed by atoms with Crippen molar-refractivity contribution in [3.05, 3.63) is 59.9 Å². The number of benzene rings is 1. The zero-order valence-corrected chi connectivity index (χ0v) is 19.3. The van der Waals surface area contributed by atoms with E-state index in [9.17, 15) is 4.79 Å². The fourth-order valence-corrected chi connectivity index (χ4v) is 4.01. The van der Waals surface area contributed by atoms with E-state index in [-0.39, 0.29) is 18.4 Å². The molecule has 1 aliphatic rings. The van der Waals surface area contributed by atoms with Gasteiger partial charge in [-0.15, -0.1) is 0 Å². The Balaban J connectivity index is 1.38. The number of likely N-dealkylation sites (N-methyl/N-ethyl adjacent to an activating group) is 1. The fraction of sp³-hybridized carbons (Fsp3) is 0.333. The maximum Gasteiger partial charge on any atom is 0.261 e. The highest BCUT2D eigenvalue weighted by Crippen LogP contribution is 2.46. The van der Waals surface area contributed by atoms with E-state index in [1.165, 1.54) is 4.90 Å². The van der Waals surface area contributed by atoms with Gasteiger partial charge in [-0.25, -0.2) is 4.98 Å². The Kier molecular flexibility index (Phi) is 5.56. The van der Waals surface area contributed by atoms with Crippen molar-refractivity contribution in [2.45, 2.75) is 32.2 Å². The van der Waals surface area contributed by atoms with Crippen molar-refractivity contribution in [1.82, 2.24) is 34.8 Å². The molecule has 2 N–H and O–H groups in total. The van der Waals surface area contributed by atoms with Gasteiger partial charge in [-0.05, 0) is 31.2 Å². The normalized spacial score (nSPS) is 14.2. The lowest BCUT2D eigenvalue weighted by Crippen LogP contribution is -2.26. The third kappa shape index (κ3) is 4.39. The number of aryl methyl sites for hydroxylation is 1. The van der Waals surface area contributed by atoms with E-state index in [1.807, 2.05) is 19.1 Å². The van der Waals surface area contributed by atoms with Gasteiger partial charge in [0.1, 0.15) is 12.4 Å². The second-order valence-electron chi connectivity index (χ2n) is 8.84. The average molecular weight is 459 g/mol. The molecule has 1 aliphatic carbocycles. The second kappa shape index (κ2) is 8.69. The van der Waals surface area contributed by atoms with Crippen LogP contribution in [0, 0.1) is 12.8 Å². The van der Waals surface area contributed by atoms with E-state index >= 15 is 0 Å². The van der Waals surface area contributed by atoms with Gasteiger partial charge in [-0.3, -0.25) is 14.5 Å². The molecule has 0 radical (unpaired) electrons. The highest BCUT2D eigenvalue weighted by Gasteiger charge is 2.36. The Hall–Kier alpha value is -4.08. The standard InChI is InChI=1S/C24H26N8O2/c1-14-22(26-11-19(25)28-14)17-8-6-16(7-9-17)21(15-4-5-15)23-29-24(34-30-23)18-10-27-32(12-18)13-20(33)31(2)3/h6-12,15,21H,4-5,13H2,1-3H3,(H2,25,28)/t21-/m1/s1. The van der Waals surface area contributed by atoms with Crippen molar-refractivity contribution in [1.29, 1.82) is 0 Å². The number of hydrogen-bond acceptors (Lipinski definition) is 8. The molecule has 0 spiro atoms. The molecule has 174 valence electrons. The highest BCUT2D eigenvalue weighted by molar-refractivity contribution is 5.75. The van der Waals surface area contributed by atoms with Crippen LogP contribution in [0.2, 0.25) is 0 Å². The number of nitrogen functional groups attached to an aromatic ring is 1. The smallest absolute Gasteiger partial charge is 0.261 e. The van der Waals surface area contributed by atoms with Crippen molar-refractivity contribution >= 4 is 11.7 Å². The summed E-state index contributed by atoms with van der Waals surface area (Å²) in [4.78, 5) is 26.9. The first-order valence-corrected chi connectivity index (χ1v) is 11.1. The molecule has 1 atom stereocenters. The summed E-state index contributed by atoms with van der Waals surface area (Å²) in [6, 6.07) is 8.28. The molecule has 1 saturated carbocycles. The minimum absolute atomic E-state index is 0.0433. The monoisotopic (exact) mass is 458 g/mol. The summed E-state index contributed by atoms with van der Waals surface area (Å²) in [5, 5.41) is 8.55. The molecule has 0 unspecified atom stereocenters. The summed E-state index contributed by atoms with van der Waals surface area (Å²) in [5.74, 6) is 1.96. The average Bonchev–Trinajstić information content (AvgIpc) is 3.33. The predicted molar refractivity (Wildman–Crippen MR) is 125 cm³/mol. The van der Waals surface area contributed by atoms with Crippen molar-refractivity contribution in [3.63, 3.8) is 0 Å². The van der Waals surface area contributed by atoms with Crippen LogP contribution >= 0.6 is 0 Å². The molecule has 1 aromatic carbocycles. The molecule has 1 fully saturated rings. The van der Waals surface area contributed by atoms with E-state index in [1.54, 1.807) is 37.4 Å². The maximum absolute atomic E-state index is 11.9. The fourth-order valence-electron chi connectivity index (χ4n) is 4.01.